The van der Waals surface area contributed by atoms with Crippen LogP contribution in [0.25, 0.3) is 11.0 Å². The van der Waals surface area contributed by atoms with E-state index in [9.17, 15) is 9.59 Å². The molecule has 0 radical (unpaired) electrons. The molecular formula is C22H23ClN4O2. The molecule has 3 aromatic rings. The van der Waals surface area contributed by atoms with Gasteiger partial charge in [0.15, 0.2) is 5.65 Å². The molecule has 0 spiro atoms. The van der Waals surface area contributed by atoms with E-state index in [-0.39, 0.29) is 18.0 Å². The molecule has 1 aromatic carbocycles. The first-order valence-electron chi connectivity index (χ1n) is 9.88. The summed E-state index contributed by atoms with van der Waals surface area (Å²) in [5, 5.41) is 4.02. The van der Waals surface area contributed by atoms with Crippen LogP contribution in [-0.4, -0.2) is 27.0 Å². The van der Waals surface area contributed by atoms with Gasteiger partial charge in [-0.05, 0) is 60.9 Å². The van der Waals surface area contributed by atoms with Crippen LogP contribution in [0.3, 0.4) is 0 Å². The van der Waals surface area contributed by atoms with Gasteiger partial charge in [0.1, 0.15) is 12.9 Å². The quantitative estimate of drug-likeness (QED) is 0.701. The fourth-order valence-corrected chi connectivity index (χ4v) is 3.87. The summed E-state index contributed by atoms with van der Waals surface area (Å²) in [4.78, 5) is 34.0. The van der Waals surface area contributed by atoms with Crippen molar-refractivity contribution in [1.82, 2.24) is 19.9 Å². The van der Waals surface area contributed by atoms with Crippen molar-refractivity contribution in [3.05, 3.63) is 68.9 Å². The Balaban J connectivity index is 1.44. The van der Waals surface area contributed by atoms with Gasteiger partial charge in [0.2, 0.25) is 5.91 Å². The molecule has 0 saturated heterocycles. The van der Waals surface area contributed by atoms with E-state index in [1.807, 2.05) is 30.3 Å². The fraction of sp³-hybridized carbons (Fsp3) is 0.364. The number of hydrogen-bond acceptors (Lipinski definition) is 4. The maximum atomic E-state index is 12.8. The van der Waals surface area contributed by atoms with E-state index < -0.39 is 0 Å². The molecule has 1 atom stereocenters. The van der Waals surface area contributed by atoms with Gasteiger partial charge in [0.05, 0.1) is 5.39 Å². The Bertz CT molecular complexity index is 1110. The number of amides is 1. The molecule has 1 aliphatic rings. The van der Waals surface area contributed by atoms with E-state index >= 15 is 0 Å². The number of carbonyl (C=O) groups excluding carboxylic acids is 1. The number of carbonyl (C=O) groups is 1. The molecule has 1 amide bonds. The van der Waals surface area contributed by atoms with Crippen LogP contribution < -0.4 is 10.9 Å². The average Bonchev–Trinajstić information content (AvgIpc) is 2.71. The molecule has 7 heteroatoms. The van der Waals surface area contributed by atoms with Crippen molar-refractivity contribution in [2.24, 2.45) is 5.92 Å². The lowest BCUT2D eigenvalue weighted by Gasteiger charge is -2.20. The van der Waals surface area contributed by atoms with Crippen molar-refractivity contribution < 1.29 is 4.79 Å². The van der Waals surface area contributed by atoms with Crippen molar-refractivity contribution >= 4 is 28.5 Å². The van der Waals surface area contributed by atoms with Gasteiger partial charge in [0, 0.05) is 17.3 Å². The minimum atomic E-state index is -0.226. The predicted molar refractivity (Wildman–Crippen MR) is 113 cm³/mol. The van der Waals surface area contributed by atoms with Crippen LogP contribution >= 0.6 is 11.6 Å². The number of aromatic nitrogens is 3. The van der Waals surface area contributed by atoms with Gasteiger partial charge in [-0.3, -0.25) is 14.2 Å². The number of hydrogen-bond donors (Lipinski definition) is 1. The van der Waals surface area contributed by atoms with Gasteiger partial charge >= 0.3 is 0 Å². The zero-order chi connectivity index (χ0) is 20.4. The van der Waals surface area contributed by atoms with Crippen molar-refractivity contribution in [3.8, 4) is 0 Å². The summed E-state index contributed by atoms with van der Waals surface area (Å²) in [6.07, 6.45) is 5.07. The number of pyridine rings is 1. The zero-order valence-corrected chi connectivity index (χ0v) is 17.1. The first-order valence-corrected chi connectivity index (χ1v) is 10.3. The normalized spacial score (nSPS) is 15.9. The van der Waals surface area contributed by atoms with E-state index in [1.165, 1.54) is 10.9 Å². The molecule has 1 N–H and O–H groups in total. The molecule has 6 nitrogen and oxygen atoms in total. The molecule has 2 aromatic heterocycles. The molecule has 0 bridgehead atoms. The molecule has 1 unspecified atom stereocenters. The lowest BCUT2D eigenvalue weighted by atomic mass is 9.87. The second-order valence-electron chi connectivity index (χ2n) is 7.72. The number of halogens is 1. The Labute approximate surface area is 173 Å². The number of nitrogens with zero attached hydrogens (tertiary/aromatic N) is 3. The van der Waals surface area contributed by atoms with E-state index in [4.69, 9.17) is 11.6 Å². The minimum absolute atomic E-state index is 0.0596. The number of fused-ring (bicyclic) bond motifs is 2. The highest BCUT2D eigenvalue weighted by atomic mass is 35.5. The topological polar surface area (TPSA) is 76.9 Å². The zero-order valence-electron chi connectivity index (χ0n) is 16.3. The fourth-order valence-electron chi connectivity index (χ4n) is 3.74. The van der Waals surface area contributed by atoms with Crippen molar-refractivity contribution in [2.45, 2.75) is 39.2 Å². The second-order valence-corrected chi connectivity index (χ2v) is 8.15. The molecule has 1 aliphatic carbocycles. The average molecular weight is 411 g/mol. The molecular weight excluding hydrogens is 388 g/mol. The first kappa shape index (κ1) is 19.6. The summed E-state index contributed by atoms with van der Waals surface area (Å²) < 4.78 is 1.35. The lowest BCUT2D eigenvalue weighted by molar-refractivity contribution is -0.121. The van der Waals surface area contributed by atoms with Crippen molar-refractivity contribution in [2.75, 3.05) is 6.54 Å². The standard InChI is InChI=1S/C22H23ClN4O2/c1-14-2-7-19-16(10-14)11-18-21(26-19)25-13-27(22(18)29)12-20(28)24-9-8-15-3-5-17(23)6-4-15/h3-6,11,13-14H,2,7-10,12H2,1H3,(H,24,28). The Hall–Kier alpha value is -2.73. The van der Waals surface area contributed by atoms with E-state index in [2.05, 4.69) is 22.2 Å². The van der Waals surface area contributed by atoms with Crippen LogP contribution in [0.4, 0.5) is 0 Å². The summed E-state index contributed by atoms with van der Waals surface area (Å²) >= 11 is 5.88. The number of aryl methyl sites for hydroxylation is 1. The predicted octanol–water partition coefficient (Wildman–Crippen LogP) is 2.93. The van der Waals surface area contributed by atoms with Crippen molar-refractivity contribution in [1.29, 1.82) is 0 Å². The molecule has 0 fully saturated rings. The minimum Gasteiger partial charge on any atom is -0.354 e. The van der Waals surface area contributed by atoms with Gasteiger partial charge in [-0.2, -0.15) is 0 Å². The van der Waals surface area contributed by atoms with E-state index in [0.29, 0.717) is 34.9 Å². The Kier molecular flexibility index (Phi) is 5.62. The van der Waals surface area contributed by atoms with Crippen LogP contribution in [-0.2, 0) is 30.6 Å². The van der Waals surface area contributed by atoms with Crippen LogP contribution in [0.1, 0.15) is 30.2 Å². The molecule has 4 rings (SSSR count). The summed E-state index contributed by atoms with van der Waals surface area (Å²) in [6, 6.07) is 9.43. The van der Waals surface area contributed by atoms with Crippen LogP contribution in [0.5, 0.6) is 0 Å². The van der Waals surface area contributed by atoms with Gasteiger partial charge in [-0.15, -0.1) is 0 Å². The highest BCUT2D eigenvalue weighted by Gasteiger charge is 2.19. The van der Waals surface area contributed by atoms with Gasteiger partial charge in [-0.1, -0.05) is 30.7 Å². The summed E-state index contributed by atoms with van der Waals surface area (Å²) in [7, 11) is 0. The van der Waals surface area contributed by atoms with Crippen LogP contribution in [0.2, 0.25) is 5.02 Å². The maximum absolute atomic E-state index is 12.8. The number of rotatable bonds is 5. The molecule has 2 heterocycles. The number of benzene rings is 1. The molecule has 0 aliphatic heterocycles. The molecule has 0 saturated carbocycles. The third kappa shape index (κ3) is 4.48. The third-order valence-corrected chi connectivity index (χ3v) is 5.64. The van der Waals surface area contributed by atoms with E-state index in [0.717, 1.165) is 36.1 Å². The SMILES string of the molecule is CC1CCc2nc3ncn(CC(=O)NCCc4ccc(Cl)cc4)c(=O)c3cc2C1. The molecule has 150 valence electrons. The highest BCUT2D eigenvalue weighted by Crippen LogP contribution is 2.25. The third-order valence-electron chi connectivity index (χ3n) is 5.39. The largest absolute Gasteiger partial charge is 0.354 e. The summed E-state index contributed by atoms with van der Waals surface area (Å²) in [5.41, 5.74) is 3.49. The number of nitrogens with one attached hydrogen (secondary N) is 1. The second kappa shape index (κ2) is 8.33. The van der Waals surface area contributed by atoms with Gasteiger partial charge in [-0.25, -0.2) is 9.97 Å². The molecule has 29 heavy (non-hydrogen) atoms. The van der Waals surface area contributed by atoms with Crippen molar-refractivity contribution in [3.63, 3.8) is 0 Å². The Morgan fingerprint density at radius 2 is 2.10 bits per heavy atom. The summed E-state index contributed by atoms with van der Waals surface area (Å²) in [5.74, 6) is 0.369. The van der Waals surface area contributed by atoms with Gasteiger partial charge < -0.3 is 5.32 Å². The first-order chi connectivity index (χ1) is 14.0. The lowest BCUT2D eigenvalue weighted by Crippen LogP contribution is -2.33. The monoisotopic (exact) mass is 410 g/mol. The summed E-state index contributed by atoms with van der Waals surface area (Å²) in [6.45, 7) is 2.64. The maximum Gasteiger partial charge on any atom is 0.263 e. The van der Waals surface area contributed by atoms with Crippen LogP contribution in [0.15, 0.2) is 41.5 Å². The van der Waals surface area contributed by atoms with E-state index in [1.54, 1.807) is 0 Å². The Morgan fingerprint density at radius 3 is 2.90 bits per heavy atom. The highest BCUT2D eigenvalue weighted by molar-refractivity contribution is 6.30. The smallest absolute Gasteiger partial charge is 0.263 e. The van der Waals surface area contributed by atoms with Crippen LogP contribution in [0, 0.1) is 5.92 Å². The van der Waals surface area contributed by atoms with Gasteiger partial charge in [0.25, 0.3) is 5.56 Å². The Morgan fingerprint density at radius 1 is 1.31 bits per heavy atom.